The Balaban J connectivity index is 2.02. The van der Waals surface area contributed by atoms with Gasteiger partial charge in [-0.05, 0) is 6.07 Å². The first-order valence-electron chi connectivity index (χ1n) is 9.39. The molecule has 12 nitrogen and oxygen atoms in total. The van der Waals surface area contributed by atoms with Gasteiger partial charge in [0.2, 0.25) is 5.91 Å². The van der Waals surface area contributed by atoms with Gasteiger partial charge < -0.3 is 24.3 Å². The van der Waals surface area contributed by atoms with E-state index in [1.807, 2.05) is 0 Å². The molecule has 0 aliphatic carbocycles. The second kappa shape index (κ2) is 9.08. The molecule has 166 valence electrons. The van der Waals surface area contributed by atoms with Crippen LogP contribution >= 0.6 is 0 Å². The van der Waals surface area contributed by atoms with Crippen LogP contribution < -0.4 is 5.32 Å². The summed E-state index contributed by atoms with van der Waals surface area (Å²) in [4.78, 5) is 54.8. The van der Waals surface area contributed by atoms with E-state index < -0.39 is 42.4 Å². The summed E-state index contributed by atoms with van der Waals surface area (Å²) in [6, 6.07) is 1.59. The van der Waals surface area contributed by atoms with Crippen LogP contribution in [0.25, 0.3) is 11.2 Å². The Morgan fingerprint density at radius 2 is 1.71 bits per heavy atom. The number of anilines is 1. The van der Waals surface area contributed by atoms with E-state index in [0.717, 1.165) is 0 Å². The fourth-order valence-electron chi connectivity index (χ4n) is 3.33. The number of aromatic nitrogens is 3. The third-order valence-electron chi connectivity index (χ3n) is 4.39. The summed E-state index contributed by atoms with van der Waals surface area (Å²) in [7, 11) is 0. The SMILES string of the molecule is CC(=O)Nc1ccnc2c1ncn2[C@@H]1O[C@H](COC(C)=O)[C@@H](OC(C)=O)[C@H]1OC(C)=O. The van der Waals surface area contributed by atoms with Gasteiger partial charge in [0.05, 0.1) is 12.0 Å². The molecule has 0 saturated carbocycles. The van der Waals surface area contributed by atoms with Crippen molar-refractivity contribution in [3.8, 4) is 0 Å². The number of nitrogens with zero attached hydrogens (tertiary/aromatic N) is 3. The molecule has 2 aromatic rings. The highest BCUT2D eigenvalue weighted by atomic mass is 16.7. The topological polar surface area (TPSA) is 148 Å². The van der Waals surface area contributed by atoms with Crippen molar-refractivity contribution in [2.24, 2.45) is 0 Å². The monoisotopic (exact) mass is 434 g/mol. The predicted octanol–water partition coefficient (Wildman–Crippen LogP) is 0.714. The molecule has 3 heterocycles. The first-order chi connectivity index (χ1) is 14.7. The van der Waals surface area contributed by atoms with Crippen molar-refractivity contribution in [1.29, 1.82) is 0 Å². The van der Waals surface area contributed by atoms with Gasteiger partial charge in [-0.1, -0.05) is 0 Å². The number of carbonyl (C=O) groups excluding carboxylic acids is 4. The molecule has 0 aromatic carbocycles. The van der Waals surface area contributed by atoms with Crippen LogP contribution in [0.4, 0.5) is 5.69 Å². The number of nitrogens with one attached hydrogen (secondary N) is 1. The maximum Gasteiger partial charge on any atom is 0.303 e. The number of hydrogen-bond acceptors (Lipinski definition) is 10. The zero-order valence-electron chi connectivity index (χ0n) is 17.4. The van der Waals surface area contributed by atoms with Crippen LogP contribution in [0.3, 0.4) is 0 Å². The fourth-order valence-corrected chi connectivity index (χ4v) is 3.33. The first kappa shape index (κ1) is 22.2. The van der Waals surface area contributed by atoms with Gasteiger partial charge in [-0.15, -0.1) is 0 Å². The predicted molar refractivity (Wildman–Crippen MR) is 103 cm³/mol. The lowest BCUT2D eigenvalue weighted by Gasteiger charge is -2.23. The number of ether oxygens (including phenoxy) is 4. The van der Waals surface area contributed by atoms with E-state index in [9.17, 15) is 19.2 Å². The van der Waals surface area contributed by atoms with Crippen LogP contribution in [-0.2, 0) is 38.1 Å². The molecule has 31 heavy (non-hydrogen) atoms. The van der Waals surface area contributed by atoms with Crippen molar-refractivity contribution in [2.75, 3.05) is 11.9 Å². The largest absolute Gasteiger partial charge is 0.463 e. The number of esters is 3. The number of imidazole rings is 1. The summed E-state index contributed by atoms with van der Waals surface area (Å²) in [5.41, 5.74) is 1.16. The smallest absolute Gasteiger partial charge is 0.303 e. The molecule has 0 bridgehead atoms. The average molecular weight is 434 g/mol. The third-order valence-corrected chi connectivity index (χ3v) is 4.39. The minimum Gasteiger partial charge on any atom is -0.463 e. The Morgan fingerprint density at radius 3 is 2.32 bits per heavy atom. The number of carbonyl (C=O) groups is 4. The van der Waals surface area contributed by atoms with Gasteiger partial charge in [-0.25, -0.2) is 9.97 Å². The van der Waals surface area contributed by atoms with Crippen molar-refractivity contribution in [3.63, 3.8) is 0 Å². The molecular weight excluding hydrogens is 412 g/mol. The highest BCUT2D eigenvalue weighted by Crippen LogP contribution is 2.36. The molecule has 1 aliphatic heterocycles. The molecule has 1 amide bonds. The number of rotatable bonds is 6. The Labute approximate surface area is 176 Å². The summed E-state index contributed by atoms with van der Waals surface area (Å²) < 4.78 is 23.3. The number of amides is 1. The molecule has 1 aliphatic rings. The third kappa shape index (κ3) is 4.97. The second-order valence-electron chi connectivity index (χ2n) is 6.88. The second-order valence-corrected chi connectivity index (χ2v) is 6.88. The van der Waals surface area contributed by atoms with Gasteiger partial charge in [0, 0.05) is 33.9 Å². The van der Waals surface area contributed by atoms with E-state index in [2.05, 4.69) is 15.3 Å². The summed E-state index contributed by atoms with van der Waals surface area (Å²) in [5.74, 6) is -2.08. The molecule has 1 saturated heterocycles. The van der Waals surface area contributed by atoms with E-state index in [4.69, 9.17) is 18.9 Å². The van der Waals surface area contributed by atoms with Crippen molar-refractivity contribution in [1.82, 2.24) is 14.5 Å². The Bertz CT molecular complexity index is 1020. The van der Waals surface area contributed by atoms with Crippen LogP contribution in [0.5, 0.6) is 0 Å². The van der Waals surface area contributed by atoms with E-state index in [1.54, 1.807) is 6.07 Å². The zero-order valence-corrected chi connectivity index (χ0v) is 17.4. The standard InChI is InChI=1S/C19H22N4O8/c1-9(24)22-13-5-6-20-18-15(13)21-8-23(18)19-17(30-12(4)27)16(29-11(3)26)14(31-19)7-28-10(2)25/h5-6,8,14,16-17,19H,7H2,1-4H3,(H,20,22,24)/t14-,16-,17-,19-/m1/s1. The fraction of sp³-hybridized carbons (Fsp3) is 0.474. The zero-order chi connectivity index (χ0) is 22.7. The number of fused-ring (bicyclic) bond motifs is 1. The Hall–Kier alpha value is -3.54. The minimum atomic E-state index is -1.06. The molecule has 0 unspecified atom stereocenters. The summed E-state index contributed by atoms with van der Waals surface area (Å²) in [5, 5.41) is 2.66. The van der Waals surface area contributed by atoms with Gasteiger partial charge in [0.1, 0.15) is 18.2 Å². The van der Waals surface area contributed by atoms with E-state index in [1.165, 1.54) is 44.8 Å². The van der Waals surface area contributed by atoms with E-state index in [-0.39, 0.29) is 12.5 Å². The summed E-state index contributed by atoms with van der Waals surface area (Å²) >= 11 is 0. The van der Waals surface area contributed by atoms with Crippen molar-refractivity contribution >= 4 is 40.7 Å². The van der Waals surface area contributed by atoms with Crippen LogP contribution in [-0.4, -0.2) is 63.3 Å². The van der Waals surface area contributed by atoms with Gasteiger partial charge in [-0.2, -0.15) is 0 Å². The van der Waals surface area contributed by atoms with Crippen LogP contribution in [0, 0.1) is 0 Å². The van der Waals surface area contributed by atoms with Gasteiger partial charge in [0.25, 0.3) is 0 Å². The quantitative estimate of drug-likeness (QED) is 0.509. The molecule has 2 aromatic heterocycles. The summed E-state index contributed by atoms with van der Waals surface area (Å²) in [6.45, 7) is 4.78. The van der Waals surface area contributed by atoms with Gasteiger partial charge in [0.15, 0.2) is 24.1 Å². The maximum absolute atomic E-state index is 11.8. The molecule has 12 heteroatoms. The molecule has 4 atom stereocenters. The average Bonchev–Trinajstić information content (AvgIpc) is 3.22. The molecule has 1 N–H and O–H groups in total. The van der Waals surface area contributed by atoms with Gasteiger partial charge in [-0.3, -0.25) is 23.7 Å². The van der Waals surface area contributed by atoms with Crippen LogP contribution in [0.2, 0.25) is 0 Å². The Morgan fingerprint density at radius 1 is 1.03 bits per heavy atom. The summed E-state index contributed by atoms with van der Waals surface area (Å²) in [6.07, 6.45) is -1.12. The van der Waals surface area contributed by atoms with Crippen molar-refractivity contribution in [3.05, 3.63) is 18.6 Å². The van der Waals surface area contributed by atoms with Crippen molar-refractivity contribution in [2.45, 2.75) is 52.2 Å². The molecule has 0 radical (unpaired) electrons. The lowest BCUT2D eigenvalue weighted by atomic mass is 10.1. The lowest BCUT2D eigenvalue weighted by Crippen LogP contribution is -2.40. The lowest BCUT2D eigenvalue weighted by molar-refractivity contribution is -0.166. The highest BCUT2D eigenvalue weighted by molar-refractivity contribution is 5.97. The molecule has 3 rings (SSSR count). The number of hydrogen-bond donors (Lipinski definition) is 1. The molecular formula is C19H22N4O8. The molecule has 1 fully saturated rings. The van der Waals surface area contributed by atoms with E-state index >= 15 is 0 Å². The Kier molecular flexibility index (Phi) is 6.49. The minimum absolute atomic E-state index is 0.223. The van der Waals surface area contributed by atoms with Crippen LogP contribution in [0.1, 0.15) is 33.9 Å². The highest BCUT2D eigenvalue weighted by Gasteiger charge is 2.51. The van der Waals surface area contributed by atoms with Crippen LogP contribution in [0.15, 0.2) is 18.6 Å². The normalized spacial score (nSPS) is 22.7. The first-order valence-corrected chi connectivity index (χ1v) is 9.39. The molecule has 0 spiro atoms. The van der Waals surface area contributed by atoms with E-state index in [0.29, 0.717) is 16.9 Å². The number of pyridine rings is 1. The van der Waals surface area contributed by atoms with Gasteiger partial charge >= 0.3 is 17.9 Å². The maximum atomic E-state index is 11.8. The van der Waals surface area contributed by atoms with Crippen molar-refractivity contribution < 1.29 is 38.1 Å².